The normalized spacial score (nSPS) is 17.2. The molecule has 92 valence electrons. The summed E-state index contributed by atoms with van der Waals surface area (Å²) >= 11 is 0. The number of benzene rings is 1. The highest BCUT2D eigenvalue weighted by Gasteiger charge is 2.23. The Kier molecular flexibility index (Phi) is 3.61. The zero-order valence-electron chi connectivity index (χ0n) is 9.43. The van der Waals surface area contributed by atoms with E-state index in [1.54, 1.807) is 24.3 Å². The number of carbonyl (C=O) groups is 1. The number of ether oxygens (including phenoxy) is 1. The predicted octanol–water partition coefficient (Wildman–Crippen LogP) is -0.223. The van der Waals surface area contributed by atoms with Crippen LogP contribution in [0, 0.1) is 0 Å². The van der Waals surface area contributed by atoms with E-state index in [1.807, 2.05) is 0 Å². The van der Waals surface area contributed by atoms with Gasteiger partial charge in [0.25, 0.3) is 0 Å². The molecule has 17 heavy (non-hydrogen) atoms. The van der Waals surface area contributed by atoms with Gasteiger partial charge in [-0.25, -0.2) is 0 Å². The second kappa shape index (κ2) is 5.16. The monoisotopic (exact) mass is 236 g/mol. The highest BCUT2D eigenvalue weighted by Crippen LogP contribution is 2.11. The van der Waals surface area contributed by atoms with E-state index in [1.165, 1.54) is 0 Å². The van der Waals surface area contributed by atoms with E-state index in [9.17, 15) is 4.79 Å². The van der Waals surface area contributed by atoms with Gasteiger partial charge in [-0.1, -0.05) is 12.1 Å². The van der Waals surface area contributed by atoms with Crippen LogP contribution in [-0.4, -0.2) is 36.3 Å². The van der Waals surface area contributed by atoms with Crippen LogP contribution < -0.4 is 11.1 Å². The van der Waals surface area contributed by atoms with E-state index in [4.69, 9.17) is 15.6 Å². The summed E-state index contributed by atoms with van der Waals surface area (Å²) in [5, 5.41) is 11.9. The Morgan fingerprint density at radius 1 is 1.47 bits per heavy atom. The quantitative estimate of drug-likeness (QED) is 0.674. The maximum atomic E-state index is 11.7. The van der Waals surface area contributed by atoms with E-state index in [2.05, 4.69) is 5.32 Å². The molecular weight excluding hydrogens is 220 g/mol. The van der Waals surface area contributed by atoms with Crippen molar-refractivity contribution >= 4 is 5.91 Å². The molecule has 1 aromatic rings. The van der Waals surface area contributed by atoms with Crippen molar-refractivity contribution in [1.29, 1.82) is 0 Å². The largest absolute Gasteiger partial charge is 0.508 e. The SMILES string of the molecule is N[C@H](Cc1ccc(O)cc1)C(=O)NC1COC1. The summed E-state index contributed by atoms with van der Waals surface area (Å²) in [6.45, 7) is 1.13. The van der Waals surface area contributed by atoms with Crippen molar-refractivity contribution in [2.24, 2.45) is 5.73 Å². The maximum Gasteiger partial charge on any atom is 0.237 e. The first-order chi connectivity index (χ1) is 8.15. The summed E-state index contributed by atoms with van der Waals surface area (Å²) in [5.41, 5.74) is 6.73. The number of nitrogens with two attached hydrogens (primary N) is 1. The Hall–Kier alpha value is -1.59. The summed E-state index contributed by atoms with van der Waals surface area (Å²) < 4.78 is 4.96. The molecule has 0 saturated carbocycles. The van der Waals surface area contributed by atoms with Crippen LogP contribution in [0.15, 0.2) is 24.3 Å². The first-order valence-corrected chi connectivity index (χ1v) is 5.57. The lowest BCUT2D eigenvalue weighted by molar-refractivity contribution is -0.126. The summed E-state index contributed by atoms with van der Waals surface area (Å²) in [6.07, 6.45) is 0.458. The van der Waals surface area contributed by atoms with Gasteiger partial charge in [0.05, 0.1) is 25.3 Å². The minimum Gasteiger partial charge on any atom is -0.508 e. The number of carbonyl (C=O) groups excluding carboxylic acids is 1. The third-order valence-corrected chi connectivity index (χ3v) is 2.71. The number of nitrogens with one attached hydrogen (secondary N) is 1. The van der Waals surface area contributed by atoms with Gasteiger partial charge in [-0.15, -0.1) is 0 Å². The molecule has 1 fully saturated rings. The summed E-state index contributed by atoms with van der Waals surface area (Å²) in [7, 11) is 0. The third kappa shape index (κ3) is 3.18. The van der Waals surface area contributed by atoms with E-state index >= 15 is 0 Å². The van der Waals surface area contributed by atoms with Gasteiger partial charge < -0.3 is 20.9 Å². The minimum absolute atomic E-state index is 0.105. The zero-order chi connectivity index (χ0) is 12.3. The number of hydrogen-bond acceptors (Lipinski definition) is 4. The fourth-order valence-corrected chi connectivity index (χ4v) is 1.61. The van der Waals surface area contributed by atoms with Crippen LogP contribution in [0.1, 0.15) is 5.56 Å². The zero-order valence-corrected chi connectivity index (χ0v) is 9.43. The van der Waals surface area contributed by atoms with Crippen LogP contribution in [0.3, 0.4) is 0 Å². The predicted molar refractivity (Wildman–Crippen MR) is 62.5 cm³/mol. The van der Waals surface area contributed by atoms with E-state index in [-0.39, 0.29) is 17.7 Å². The van der Waals surface area contributed by atoms with Gasteiger partial charge in [0, 0.05) is 0 Å². The van der Waals surface area contributed by atoms with Crippen LogP contribution in [0.25, 0.3) is 0 Å². The Balaban J connectivity index is 1.84. The van der Waals surface area contributed by atoms with Gasteiger partial charge in [-0.2, -0.15) is 0 Å². The first kappa shape index (κ1) is 11.9. The van der Waals surface area contributed by atoms with Crippen molar-refractivity contribution < 1.29 is 14.6 Å². The third-order valence-electron chi connectivity index (χ3n) is 2.71. The van der Waals surface area contributed by atoms with Crippen LogP contribution >= 0.6 is 0 Å². The summed E-state index contributed by atoms with van der Waals surface area (Å²) in [4.78, 5) is 11.7. The maximum absolute atomic E-state index is 11.7. The molecule has 1 aromatic carbocycles. The molecule has 4 N–H and O–H groups in total. The number of amides is 1. The number of phenolic OH excluding ortho intramolecular Hbond substituents is 1. The number of rotatable bonds is 4. The van der Waals surface area contributed by atoms with E-state index < -0.39 is 6.04 Å². The Labute approximate surface area is 99.6 Å². The van der Waals surface area contributed by atoms with Crippen molar-refractivity contribution in [3.05, 3.63) is 29.8 Å². The molecule has 0 radical (unpaired) electrons. The molecule has 0 spiro atoms. The lowest BCUT2D eigenvalue weighted by Crippen LogP contribution is -2.53. The van der Waals surface area contributed by atoms with Gasteiger partial charge in [-0.05, 0) is 24.1 Å². The molecule has 0 aliphatic carbocycles. The molecule has 0 aromatic heterocycles. The van der Waals surface area contributed by atoms with Crippen molar-refractivity contribution in [2.75, 3.05) is 13.2 Å². The van der Waals surface area contributed by atoms with Gasteiger partial charge in [0.2, 0.25) is 5.91 Å². The molecule has 2 rings (SSSR count). The molecule has 5 nitrogen and oxygen atoms in total. The average molecular weight is 236 g/mol. The number of phenols is 1. The summed E-state index contributed by atoms with van der Waals surface area (Å²) in [6, 6.07) is 6.22. The first-order valence-electron chi connectivity index (χ1n) is 5.57. The minimum atomic E-state index is -0.569. The van der Waals surface area contributed by atoms with Gasteiger partial charge in [0.1, 0.15) is 5.75 Å². The molecule has 1 heterocycles. The molecule has 0 bridgehead atoms. The number of aromatic hydroxyl groups is 1. The van der Waals surface area contributed by atoms with Crippen LogP contribution in [-0.2, 0) is 16.0 Å². The van der Waals surface area contributed by atoms with E-state index in [0.717, 1.165) is 5.56 Å². The molecular formula is C12H16N2O3. The molecule has 1 aliphatic rings. The Morgan fingerprint density at radius 3 is 2.65 bits per heavy atom. The van der Waals surface area contributed by atoms with Crippen molar-refractivity contribution in [1.82, 2.24) is 5.32 Å². The van der Waals surface area contributed by atoms with Crippen molar-refractivity contribution in [3.63, 3.8) is 0 Å². The summed E-state index contributed by atoms with van der Waals surface area (Å²) in [5.74, 6) is 0.0461. The van der Waals surface area contributed by atoms with Crippen LogP contribution in [0.2, 0.25) is 0 Å². The number of hydrogen-bond donors (Lipinski definition) is 3. The topological polar surface area (TPSA) is 84.6 Å². The second-order valence-corrected chi connectivity index (χ2v) is 4.22. The highest BCUT2D eigenvalue weighted by molar-refractivity contribution is 5.82. The average Bonchev–Trinajstić information content (AvgIpc) is 2.26. The smallest absolute Gasteiger partial charge is 0.237 e. The lowest BCUT2D eigenvalue weighted by atomic mass is 10.1. The molecule has 5 heteroatoms. The fraction of sp³-hybridized carbons (Fsp3) is 0.417. The second-order valence-electron chi connectivity index (χ2n) is 4.22. The van der Waals surface area contributed by atoms with Gasteiger partial charge in [0.15, 0.2) is 0 Å². The van der Waals surface area contributed by atoms with Gasteiger partial charge in [-0.3, -0.25) is 4.79 Å². The van der Waals surface area contributed by atoms with Crippen LogP contribution in [0.5, 0.6) is 5.75 Å². The molecule has 1 aliphatic heterocycles. The van der Waals surface area contributed by atoms with Crippen LogP contribution in [0.4, 0.5) is 0 Å². The fourth-order valence-electron chi connectivity index (χ4n) is 1.61. The lowest BCUT2D eigenvalue weighted by Gasteiger charge is -2.28. The standard InChI is InChI=1S/C12H16N2O3/c13-11(12(16)14-9-6-17-7-9)5-8-1-3-10(15)4-2-8/h1-4,9,11,15H,5-7,13H2,(H,14,16)/t11-/m1/s1. The highest BCUT2D eigenvalue weighted by atomic mass is 16.5. The Bertz CT molecular complexity index is 387. The molecule has 1 saturated heterocycles. The molecule has 1 amide bonds. The molecule has 1 atom stereocenters. The van der Waals surface area contributed by atoms with Gasteiger partial charge >= 0.3 is 0 Å². The van der Waals surface area contributed by atoms with Crippen molar-refractivity contribution in [3.8, 4) is 5.75 Å². The van der Waals surface area contributed by atoms with E-state index in [0.29, 0.717) is 19.6 Å². The molecule has 0 unspecified atom stereocenters. The Morgan fingerprint density at radius 2 is 2.12 bits per heavy atom. The van der Waals surface area contributed by atoms with Crippen molar-refractivity contribution in [2.45, 2.75) is 18.5 Å².